The fourth-order valence-electron chi connectivity index (χ4n) is 8.59. The van der Waals surface area contributed by atoms with Gasteiger partial charge in [0, 0.05) is 55.6 Å². The van der Waals surface area contributed by atoms with Crippen LogP contribution in [0.5, 0.6) is 0 Å². The maximum absolute atomic E-state index is 13.0. The summed E-state index contributed by atoms with van der Waals surface area (Å²) in [4.78, 5) is 5.80. The van der Waals surface area contributed by atoms with Gasteiger partial charge in [-0.3, -0.25) is 0 Å². The first-order chi connectivity index (χ1) is 21.5. The summed E-state index contributed by atoms with van der Waals surface area (Å²) in [5.74, 6) is 2.10. The molecule has 5 nitrogen and oxygen atoms in total. The molecule has 4 aromatic rings. The van der Waals surface area contributed by atoms with Gasteiger partial charge in [0.2, 0.25) is 9.84 Å². The molecule has 2 saturated heterocycles. The van der Waals surface area contributed by atoms with E-state index in [-0.39, 0.29) is 5.41 Å². The van der Waals surface area contributed by atoms with E-state index in [2.05, 4.69) is 69.2 Å². The van der Waals surface area contributed by atoms with Crippen molar-refractivity contribution in [1.29, 1.82) is 0 Å². The number of anilines is 1. The predicted molar refractivity (Wildman–Crippen MR) is 178 cm³/mol. The second-order valence-corrected chi connectivity index (χ2v) is 15.3. The first-order valence-corrected chi connectivity index (χ1v) is 18.0. The van der Waals surface area contributed by atoms with E-state index in [1.54, 1.807) is 42.0 Å². The number of likely N-dealkylation sites (tertiary alicyclic amines) is 1. The van der Waals surface area contributed by atoms with Gasteiger partial charge >= 0.3 is 0 Å². The first-order valence-electron chi connectivity index (χ1n) is 16.6. The lowest BCUT2D eigenvalue weighted by molar-refractivity contribution is 0.0647. The third-order valence-corrected chi connectivity index (χ3v) is 12.6. The van der Waals surface area contributed by atoms with Crippen molar-refractivity contribution < 1.29 is 8.42 Å². The highest BCUT2D eigenvalue weighted by molar-refractivity contribution is 7.91. The van der Waals surface area contributed by atoms with Crippen molar-refractivity contribution in [2.45, 2.75) is 60.3 Å². The molecule has 3 aromatic carbocycles. The van der Waals surface area contributed by atoms with E-state index >= 15 is 0 Å². The normalized spacial score (nSPS) is 20.4. The van der Waals surface area contributed by atoms with Gasteiger partial charge in [-0.2, -0.15) is 0 Å². The van der Waals surface area contributed by atoms with Crippen molar-refractivity contribution in [3.63, 3.8) is 0 Å². The highest BCUT2D eigenvalue weighted by Crippen LogP contribution is 2.51. The fraction of sp³-hybridized carbons (Fsp3) is 0.421. The van der Waals surface area contributed by atoms with Gasteiger partial charge in [0.05, 0.1) is 9.79 Å². The molecule has 1 atom stereocenters. The summed E-state index contributed by atoms with van der Waals surface area (Å²) in [6.45, 7) is 6.68. The van der Waals surface area contributed by atoms with Gasteiger partial charge in [-0.25, -0.2) is 8.42 Å². The molecule has 1 aliphatic carbocycles. The maximum atomic E-state index is 13.0. The second kappa shape index (κ2) is 12.6. The summed E-state index contributed by atoms with van der Waals surface area (Å²) in [6.07, 6.45) is 12.5. The van der Waals surface area contributed by atoms with Gasteiger partial charge in [-0.05, 0) is 105 Å². The highest BCUT2D eigenvalue weighted by Gasteiger charge is 2.48. The molecule has 2 aliphatic heterocycles. The van der Waals surface area contributed by atoms with Gasteiger partial charge in [0.1, 0.15) is 0 Å². The van der Waals surface area contributed by atoms with Gasteiger partial charge < -0.3 is 14.4 Å². The van der Waals surface area contributed by atoms with Gasteiger partial charge in [-0.15, -0.1) is 0 Å². The number of aromatic nitrogens is 1. The van der Waals surface area contributed by atoms with Gasteiger partial charge in [-0.1, -0.05) is 61.4 Å². The molecule has 3 heterocycles. The molecular weight excluding hydrogens is 563 g/mol. The van der Waals surface area contributed by atoms with E-state index in [9.17, 15) is 8.42 Å². The second-order valence-electron chi connectivity index (χ2n) is 13.4. The van der Waals surface area contributed by atoms with Crippen LogP contribution in [0.3, 0.4) is 0 Å². The van der Waals surface area contributed by atoms with Crippen LogP contribution < -0.4 is 4.90 Å². The number of benzene rings is 3. The molecular formula is C38H45N3O2S. The molecule has 1 saturated carbocycles. The zero-order valence-corrected chi connectivity index (χ0v) is 26.5. The number of hydrogen-bond acceptors (Lipinski definition) is 4. The Balaban J connectivity index is 0.979. The molecule has 0 N–H and O–H groups in total. The summed E-state index contributed by atoms with van der Waals surface area (Å²) in [5.41, 5.74) is 2.86. The zero-order chi connectivity index (χ0) is 30.0. The Morgan fingerprint density at radius 2 is 1.23 bits per heavy atom. The Morgan fingerprint density at radius 1 is 0.659 bits per heavy atom. The van der Waals surface area contributed by atoms with Crippen LogP contribution in [-0.4, -0.2) is 50.6 Å². The van der Waals surface area contributed by atoms with E-state index in [0.29, 0.717) is 21.6 Å². The van der Waals surface area contributed by atoms with Crippen molar-refractivity contribution in [3.05, 3.63) is 115 Å². The predicted octanol–water partition coefficient (Wildman–Crippen LogP) is 7.30. The number of piperidine rings is 1. The Hall–Kier alpha value is -3.35. The monoisotopic (exact) mass is 607 g/mol. The molecule has 0 amide bonds. The number of rotatable bonds is 10. The van der Waals surface area contributed by atoms with Crippen molar-refractivity contribution >= 4 is 15.5 Å². The lowest BCUT2D eigenvalue weighted by Crippen LogP contribution is -2.54. The van der Waals surface area contributed by atoms with Crippen LogP contribution in [-0.2, 0) is 21.8 Å². The standard InChI is InChI=1S/C38H45N3O2S/c42-44(43,36-15-5-2-6-16-36)37-19-17-35(18-20-37)41-28-31(29-41)27-39-25-21-34(22-26-39)38(33-13-7-8-14-33,30-40-23-9-10-24-40)32-11-3-1-4-12-32/h1-6,9-12,15-20,23-24,31,33-34H,7-8,13-14,21-22,25-30H2. The van der Waals surface area contributed by atoms with E-state index in [1.807, 2.05) is 18.2 Å². The lowest BCUT2D eigenvalue weighted by atomic mass is 9.59. The van der Waals surface area contributed by atoms with Crippen LogP contribution in [0.2, 0.25) is 0 Å². The van der Waals surface area contributed by atoms with Crippen LogP contribution >= 0.6 is 0 Å². The molecule has 230 valence electrons. The van der Waals surface area contributed by atoms with E-state index in [1.165, 1.54) is 51.6 Å². The third kappa shape index (κ3) is 5.75. The van der Waals surface area contributed by atoms with Crippen LogP contribution in [0.4, 0.5) is 5.69 Å². The maximum Gasteiger partial charge on any atom is 0.206 e. The van der Waals surface area contributed by atoms with Crippen LogP contribution in [0.1, 0.15) is 44.1 Å². The Bertz CT molecular complexity index is 1590. The van der Waals surface area contributed by atoms with Crippen molar-refractivity contribution in [3.8, 4) is 0 Å². The minimum atomic E-state index is -3.48. The van der Waals surface area contributed by atoms with Gasteiger partial charge in [0.25, 0.3) is 0 Å². The van der Waals surface area contributed by atoms with E-state index in [4.69, 9.17) is 0 Å². The summed E-state index contributed by atoms with van der Waals surface area (Å²) in [6, 6.07) is 32.0. The largest absolute Gasteiger partial charge is 0.371 e. The topological polar surface area (TPSA) is 45.6 Å². The van der Waals surface area contributed by atoms with E-state index in [0.717, 1.165) is 37.8 Å². The van der Waals surface area contributed by atoms with Crippen molar-refractivity contribution in [1.82, 2.24) is 9.47 Å². The van der Waals surface area contributed by atoms with Crippen molar-refractivity contribution in [2.24, 2.45) is 17.8 Å². The summed E-state index contributed by atoms with van der Waals surface area (Å²) < 4.78 is 28.4. The minimum absolute atomic E-state index is 0.191. The highest BCUT2D eigenvalue weighted by atomic mass is 32.2. The summed E-state index contributed by atoms with van der Waals surface area (Å²) in [7, 11) is -3.48. The zero-order valence-electron chi connectivity index (χ0n) is 25.7. The smallest absolute Gasteiger partial charge is 0.206 e. The fourth-order valence-corrected chi connectivity index (χ4v) is 9.87. The minimum Gasteiger partial charge on any atom is -0.371 e. The Morgan fingerprint density at radius 3 is 1.86 bits per heavy atom. The molecule has 3 aliphatic rings. The third-order valence-electron chi connectivity index (χ3n) is 10.9. The molecule has 6 heteroatoms. The van der Waals surface area contributed by atoms with Crippen LogP contribution in [0, 0.1) is 17.8 Å². The average Bonchev–Trinajstić information content (AvgIpc) is 3.78. The molecule has 0 bridgehead atoms. The van der Waals surface area contributed by atoms with Crippen LogP contribution in [0.25, 0.3) is 0 Å². The average molecular weight is 608 g/mol. The molecule has 0 spiro atoms. The molecule has 3 fully saturated rings. The number of hydrogen-bond donors (Lipinski definition) is 0. The van der Waals surface area contributed by atoms with Gasteiger partial charge in [0.15, 0.2) is 0 Å². The molecule has 7 rings (SSSR count). The van der Waals surface area contributed by atoms with Crippen LogP contribution in [0.15, 0.2) is 119 Å². The molecule has 1 unspecified atom stereocenters. The molecule has 0 radical (unpaired) electrons. The first kappa shape index (κ1) is 29.4. The number of sulfone groups is 1. The van der Waals surface area contributed by atoms with Crippen molar-refractivity contribution in [2.75, 3.05) is 37.6 Å². The Kier molecular flexibility index (Phi) is 8.39. The SMILES string of the molecule is O=S(=O)(c1ccccc1)c1ccc(N2CC(CN3CCC(C(Cn4cccc4)(c4ccccc4)C4CCCC4)CC3)C2)cc1. The summed E-state index contributed by atoms with van der Waals surface area (Å²) >= 11 is 0. The Labute approximate surface area is 263 Å². The van der Waals surface area contributed by atoms with E-state index < -0.39 is 9.84 Å². The molecule has 1 aromatic heterocycles. The quantitative estimate of drug-likeness (QED) is 0.190. The summed E-state index contributed by atoms with van der Waals surface area (Å²) in [5, 5.41) is 0. The molecule has 44 heavy (non-hydrogen) atoms. The number of nitrogens with zero attached hydrogens (tertiary/aromatic N) is 3. The lowest BCUT2D eigenvalue weighted by Gasteiger charge is -2.50.